The Balaban J connectivity index is 1.74. The van der Waals surface area contributed by atoms with Gasteiger partial charge < -0.3 is 15.0 Å². The molecule has 0 radical (unpaired) electrons. The molecule has 5 heteroatoms. The maximum atomic E-state index is 6.09. The van der Waals surface area contributed by atoms with Crippen LogP contribution in [0.3, 0.4) is 0 Å². The second-order valence-electron chi connectivity index (χ2n) is 7.98. The van der Waals surface area contributed by atoms with Gasteiger partial charge in [-0.05, 0) is 77.4 Å². The Morgan fingerprint density at radius 3 is 2.79 bits per heavy atom. The summed E-state index contributed by atoms with van der Waals surface area (Å²) in [6.45, 7) is 16.5. The Bertz CT molecular complexity index is 780. The fraction of sp³-hybridized carbons (Fsp3) is 0.542. The topological polar surface area (TPSA) is 37.4 Å². The summed E-state index contributed by atoms with van der Waals surface area (Å²) in [5, 5.41) is 5.46. The van der Waals surface area contributed by atoms with Gasteiger partial charge in [-0.1, -0.05) is 24.1 Å². The van der Waals surface area contributed by atoms with E-state index in [0.29, 0.717) is 11.1 Å². The third-order valence-corrected chi connectivity index (χ3v) is 5.35. The smallest absolute Gasteiger partial charge is 0.0737 e. The van der Waals surface area contributed by atoms with Crippen molar-refractivity contribution in [1.82, 2.24) is 9.88 Å². The molecule has 0 spiro atoms. The molecule has 0 saturated heterocycles. The molecule has 0 aliphatic heterocycles. The van der Waals surface area contributed by atoms with E-state index < -0.39 is 0 Å². The molecule has 2 unspecified atom stereocenters. The lowest BCUT2D eigenvalue weighted by atomic mass is 10.1. The van der Waals surface area contributed by atoms with Gasteiger partial charge in [-0.2, -0.15) is 0 Å². The molecule has 160 valence electrons. The van der Waals surface area contributed by atoms with Crippen LogP contribution in [0.4, 0.5) is 5.69 Å². The molecule has 4 nitrogen and oxygen atoms in total. The van der Waals surface area contributed by atoms with Crippen LogP contribution < -0.4 is 5.32 Å². The van der Waals surface area contributed by atoms with Crippen LogP contribution in [-0.2, 0) is 4.74 Å². The van der Waals surface area contributed by atoms with Crippen LogP contribution >= 0.6 is 11.6 Å². The van der Waals surface area contributed by atoms with Gasteiger partial charge in [0.25, 0.3) is 0 Å². The molecule has 1 heterocycles. The van der Waals surface area contributed by atoms with E-state index in [2.05, 4.69) is 49.5 Å². The summed E-state index contributed by atoms with van der Waals surface area (Å²) in [4.78, 5) is 6.88. The van der Waals surface area contributed by atoms with E-state index >= 15 is 0 Å². The lowest BCUT2D eigenvalue weighted by Gasteiger charge is -2.23. The number of hydrogen-bond acceptors (Lipinski definition) is 4. The van der Waals surface area contributed by atoms with Crippen molar-refractivity contribution in [3.63, 3.8) is 0 Å². The van der Waals surface area contributed by atoms with E-state index in [4.69, 9.17) is 16.3 Å². The molecule has 0 fully saturated rings. The van der Waals surface area contributed by atoms with Gasteiger partial charge in [-0.15, -0.1) is 6.58 Å². The minimum atomic E-state index is 0.250. The number of halogens is 1. The van der Waals surface area contributed by atoms with Crippen LogP contribution in [0.15, 0.2) is 42.6 Å². The normalized spacial score (nSPS) is 13.6. The van der Waals surface area contributed by atoms with E-state index in [1.165, 1.54) is 5.57 Å². The summed E-state index contributed by atoms with van der Waals surface area (Å²) in [6.07, 6.45) is 5.28. The zero-order chi connectivity index (χ0) is 21.2. The van der Waals surface area contributed by atoms with E-state index in [1.807, 2.05) is 30.5 Å². The summed E-state index contributed by atoms with van der Waals surface area (Å²) < 4.78 is 5.91. The molecule has 29 heavy (non-hydrogen) atoms. The monoisotopic (exact) mass is 417 g/mol. The van der Waals surface area contributed by atoms with E-state index in [0.717, 1.165) is 62.1 Å². The van der Waals surface area contributed by atoms with Crippen molar-refractivity contribution < 1.29 is 4.74 Å². The van der Waals surface area contributed by atoms with Gasteiger partial charge in [-0.3, -0.25) is 4.98 Å². The highest BCUT2D eigenvalue weighted by molar-refractivity contribution is 6.31. The summed E-state index contributed by atoms with van der Waals surface area (Å²) in [7, 11) is 0. The van der Waals surface area contributed by atoms with Crippen LogP contribution in [0.5, 0.6) is 0 Å². The maximum Gasteiger partial charge on any atom is 0.0737 e. The number of ether oxygens (including phenoxy) is 1. The number of fused-ring (bicyclic) bond motifs is 1. The number of pyridine rings is 1. The Morgan fingerprint density at radius 1 is 1.28 bits per heavy atom. The van der Waals surface area contributed by atoms with Gasteiger partial charge in [0, 0.05) is 34.9 Å². The molecule has 0 aliphatic rings. The number of likely N-dealkylation sites (N-methyl/N-ethyl adjacent to an activating group) is 1. The lowest BCUT2D eigenvalue weighted by Crippen LogP contribution is -2.30. The Morgan fingerprint density at radius 2 is 2.07 bits per heavy atom. The highest BCUT2D eigenvalue weighted by Gasteiger charge is 2.09. The van der Waals surface area contributed by atoms with Gasteiger partial charge in [0.15, 0.2) is 0 Å². The maximum absolute atomic E-state index is 6.09. The average molecular weight is 418 g/mol. The van der Waals surface area contributed by atoms with Crippen molar-refractivity contribution in [2.45, 2.75) is 59.1 Å². The molecule has 0 amide bonds. The van der Waals surface area contributed by atoms with E-state index in [9.17, 15) is 0 Å². The van der Waals surface area contributed by atoms with Gasteiger partial charge in [0.2, 0.25) is 0 Å². The van der Waals surface area contributed by atoms with Crippen LogP contribution in [0, 0.1) is 0 Å². The van der Waals surface area contributed by atoms with Crippen LogP contribution in [0.25, 0.3) is 10.9 Å². The number of anilines is 1. The van der Waals surface area contributed by atoms with Gasteiger partial charge in [0.1, 0.15) is 0 Å². The second-order valence-corrected chi connectivity index (χ2v) is 8.42. The Kier molecular flexibility index (Phi) is 9.92. The first kappa shape index (κ1) is 23.7. The van der Waals surface area contributed by atoms with Gasteiger partial charge in [-0.25, -0.2) is 0 Å². The fourth-order valence-corrected chi connectivity index (χ4v) is 3.73. The molecule has 2 atom stereocenters. The van der Waals surface area contributed by atoms with Crippen LogP contribution in [0.2, 0.25) is 5.02 Å². The second kappa shape index (κ2) is 12.2. The van der Waals surface area contributed by atoms with Crippen molar-refractivity contribution in [2.75, 3.05) is 31.6 Å². The third-order valence-electron chi connectivity index (χ3n) is 5.11. The third kappa shape index (κ3) is 8.33. The summed E-state index contributed by atoms with van der Waals surface area (Å²) in [6, 6.07) is 8.29. The molecule has 0 saturated carbocycles. The number of rotatable bonds is 13. The molecule has 1 aromatic carbocycles. The van der Waals surface area contributed by atoms with Crippen molar-refractivity contribution >= 4 is 28.2 Å². The molecule has 1 aromatic heterocycles. The summed E-state index contributed by atoms with van der Waals surface area (Å²) >= 11 is 6.09. The van der Waals surface area contributed by atoms with Crippen molar-refractivity contribution in [3.8, 4) is 0 Å². The number of hydrogen-bond donors (Lipinski definition) is 1. The first-order chi connectivity index (χ1) is 13.9. The minimum absolute atomic E-state index is 0.250. The number of nitrogens with one attached hydrogen (secondary N) is 1. The quantitative estimate of drug-likeness (QED) is 0.396. The Labute approximate surface area is 181 Å². The number of nitrogens with zero attached hydrogens (tertiary/aromatic N) is 2. The molecular weight excluding hydrogens is 382 g/mol. The van der Waals surface area contributed by atoms with Gasteiger partial charge in [0.05, 0.1) is 18.2 Å². The first-order valence-corrected chi connectivity index (χ1v) is 11.1. The standard InChI is InChI=1S/C24H36ClN3O/c1-6-28(14-15-29-20(5)16-18(2)3)13-7-8-19(4)27-23-11-12-26-24-17-21(25)9-10-22(23)24/h9-12,17,19-20H,2,6-8,13-16H2,1,3-5H3,(H,26,27). The zero-order valence-corrected chi connectivity index (χ0v) is 19.1. The summed E-state index contributed by atoms with van der Waals surface area (Å²) in [5.74, 6) is 0. The first-order valence-electron chi connectivity index (χ1n) is 10.7. The summed E-state index contributed by atoms with van der Waals surface area (Å²) in [5.41, 5.74) is 3.22. The minimum Gasteiger partial charge on any atom is -0.382 e. The predicted molar refractivity (Wildman–Crippen MR) is 126 cm³/mol. The van der Waals surface area contributed by atoms with Crippen molar-refractivity contribution in [1.29, 1.82) is 0 Å². The highest BCUT2D eigenvalue weighted by atomic mass is 35.5. The molecular formula is C24H36ClN3O. The average Bonchev–Trinajstić information content (AvgIpc) is 2.66. The largest absolute Gasteiger partial charge is 0.382 e. The van der Waals surface area contributed by atoms with E-state index in [-0.39, 0.29) is 6.10 Å². The fourth-order valence-electron chi connectivity index (χ4n) is 3.57. The predicted octanol–water partition coefficient (Wildman–Crippen LogP) is 6.16. The molecule has 2 aromatic rings. The SMILES string of the molecule is C=C(C)CC(C)OCCN(CC)CCCC(C)Nc1ccnc2cc(Cl)ccc12. The van der Waals surface area contributed by atoms with Crippen LogP contribution in [0.1, 0.15) is 47.0 Å². The molecule has 1 N–H and O–H groups in total. The zero-order valence-electron chi connectivity index (χ0n) is 18.4. The van der Waals surface area contributed by atoms with E-state index in [1.54, 1.807) is 0 Å². The number of benzene rings is 1. The molecule has 0 bridgehead atoms. The Hall–Kier alpha value is -1.62. The van der Waals surface area contributed by atoms with Crippen LogP contribution in [-0.4, -0.2) is 48.3 Å². The lowest BCUT2D eigenvalue weighted by molar-refractivity contribution is 0.0493. The van der Waals surface area contributed by atoms with Gasteiger partial charge >= 0.3 is 0 Å². The highest BCUT2D eigenvalue weighted by Crippen LogP contribution is 2.25. The van der Waals surface area contributed by atoms with Crippen molar-refractivity contribution in [3.05, 3.63) is 47.6 Å². The molecule has 0 aliphatic carbocycles. The van der Waals surface area contributed by atoms with Crippen molar-refractivity contribution in [2.24, 2.45) is 0 Å². The number of aromatic nitrogens is 1. The molecule has 2 rings (SSSR count).